The second-order valence-corrected chi connectivity index (χ2v) is 8.57. The molecule has 5 rings (SSSR count). The Morgan fingerprint density at radius 2 is 2.00 bits per heavy atom. The molecule has 1 saturated heterocycles. The van der Waals surface area contributed by atoms with Crippen LogP contribution < -0.4 is 4.74 Å². The van der Waals surface area contributed by atoms with E-state index >= 15 is 0 Å². The number of benzene rings is 1. The lowest BCUT2D eigenvalue weighted by Gasteiger charge is -2.57. The molecule has 5 atom stereocenters. The monoisotopic (exact) mass is 312 g/mol. The molecule has 2 heteroatoms. The van der Waals surface area contributed by atoms with E-state index in [1.54, 1.807) is 18.2 Å². The van der Waals surface area contributed by atoms with Gasteiger partial charge in [-0.2, -0.15) is 0 Å². The minimum Gasteiger partial charge on any atom is -0.497 e. The standard InChI is InChI=1S/C21H28O2/c1-20-9-7-17-16-6-4-15(22-2)13-14(16)3-5-18(17)19(20)8-10-21(20)11-12-23-21/h4,6,13,17-19H,3,5,7-12H2,1-2H3/t17-,18-,19+,20+,21-/m1/s1. The van der Waals surface area contributed by atoms with Gasteiger partial charge in [-0.1, -0.05) is 13.0 Å². The van der Waals surface area contributed by atoms with Crippen LogP contribution in [0.1, 0.15) is 62.5 Å². The second-order valence-electron chi connectivity index (χ2n) is 8.57. The summed E-state index contributed by atoms with van der Waals surface area (Å²) in [4.78, 5) is 0. The fourth-order valence-corrected chi connectivity index (χ4v) is 6.77. The maximum atomic E-state index is 6.21. The molecule has 2 saturated carbocycles. The molecule has 23 heavy (non-hydrogen) atoms. The van der Waals surface area contributed by atoms with Crippen LogP contribution in [-0.4, -0.2) is 19.3 Å². The molecule has 2 nitrogen and oxygen atoms in total. The van der Waals surface area contributed by atoms with Gasteiger partial charge in [0.25, 0.3) is 0 Å². The van der Waals surface area contributed by atoms with E-state index in [1.165, 1.54) is 44.9 Å². The number of methoxy groups -OCH3 is 1. The summed E-state index contributed by atoms with van der Waals surface area (Å²) in [7, 11) is 1.77. The van der Waals surface area contributed by atoms with Crippen LogP contribution in [-0.2, 0) is 11.2 Å². The van der Waals surface area contributed by atoms with Gasteiger partial charge < -0.3 is 9.47 Å². The highest BCUT2D eigenvalue weighted by molar-refractivity contribution is 5.41. The van der Waals surface area contributed by atoms with Crippen LogP contribution in [0.2, 0.25) is 0 Å². The average Bonchev–Trinajstić information content (AvgIpc) is 2.87. The van der Waals surface area contributed by atoms with Crippen molar-refractivity contribution in [1.29, 1.82) is 0 Å². The predicted molar refractivity (Wildman–Crippen MR) is 90.9 cm³/mol. The van der Waals surface area contributed by atoms with Gasteiger partial charge in [-0.25, -0.2) is 0 Å². The van der Waals surface area contributed by atoms with Crippen molar-refractivity contribution in [2.45, 2.75) is 63.4 Å². The van der Waals surface area contributed by atoms with Gasteiger partial charge >= 0.3 is 0 Å². The molecule has 0 unspecified atom stereocenters. The van der Waals surface area contributed by atoms with Gasteiger partial charge in [0.1, 0.15) is 5.75 Å². The van der Waals surface area contributed by atoms with Crippen molar-refractivity contribution in [2.75, 3.05) is 13.7 Å². The summed E-state index contributed by atoms with van der Waals surface area (Å²) in [6.07, 6.45) is 9.31. The minimum absolute atomic E-state index is 0.253. The quantitative estimate of drug-likeness (QED) is 0.747. The third-order valence-electron chi connectivity index (χ3n) is 8.11. The Kier molecular flexibility index (Phi) is 2.96. The van der Waals surface area contributed by atoms with Crippen molar-refractivity contribution in [2.24, 2.45) is 17.3 Å². The van der Waals surface area contributed by atoms with Crippen LogP contribution in [0, 0.1) is 17.3 Å². The van der Waals surface area contributed by atoms with Gasteiger partial charge in [-0.15, -0.1) is 0 Å². The van der Waals surface area contributed by atoms with Crippen molar-refractivity contribution in [3.63, 3.8) is 0 Å². The van der Waals surface area contributed by atoms with Gasteiger partial charge in [0.15, 0.2) is 0 Å². The molecule has 0 bridgehead atoms. The highest BCUT2D eigenvalue weighted by Gasteiger charge is 2.64. The largest absolute Gasteiger partial charge is 0.497 e. The van der Waals surface area contributed by atoms with E-state index in [0.717, 1.165) is 30.1 Å². The summed E-state index contributed by atoms with van der Waals surface area (Å²) in [5, 5.41) is 0. The Morgan fingerprint density at radius 3 is 2.74 bits per heavy atom. The van der Waals surface area contributed by atoms with Crippen LogP contribution in [0.5, 0.6) is 5.75 Å². The zero-order valence-corrected chi connectivity index (χ0v) is 14.4. The number of hydrogen-bond acceptors (Lipinski definition) is 2. The first-order valence-corrected chi connectivity index (χ1v) is 9.48. The second kappa shape index (κ2) is 4.75. The summed E-state index contributed by atoms with van der Waals surface area (Å²) in [6, 6.07) is 6.81. The van der Waals surface area contributed by atoms with E-state index < -0.39 is 0 Å². The van der Waals surface area contributed by atoms with Crippen molar-refractivity contribution in [3.8, 4) is 5.75 Å². The fourth-order valence-electron chi connectivity index (χ4n) is 6.77. The maximum absolute atomic E-state index is 6.21. The molecule has 1 aliphatic heterocycles. The molecule has 1 heterocycles. The predicted octanol–water partition coefficient (Wildman–Crippen LogP) is 4.71. The first-order valence-electron chi connectivity index (χ1n) is 9.48. The molecule has 0 aromatic heterocycles. The summed E-state index contributed by atoms with van der Waals surface area (Å²) < 4.78 is 11.6. The fraction of sp³-hybridized carbons (Fsp3) is 0.714. The van der Waals surface area contributed by atoms with E-state index in [2.05, 4.69) is 25.1 Å². The van der Waals surface area contributed by atoms with Crippen LogP contribution in [0.3, 0.4) is 0 Å². The minimum atomic E-state index is 0.253. The number of aryl methyl sites for hydroxylation is 1. The van der Waals surface area contributed by atoms with E-state index in [9.17, 15) is 0 Å². The molecule has 124 valence electrons. The Hall–Kier alpha value is -1.02. The molecular formula is C21H28O2. The SMILES string of the molecule is COc1ccc2c(c1)CC[C@@H]1[C@@H]2CC[C@@]2(C)[C@H]1CC[C@@]21CCO1. The third kappa shape index (κ3) is 1.74. The van der Waals surface area contributed by atoms with Gasteiger partial charge in [0.05, 0.1) is 19.3 Å². The molecule has 0 radical (unpaired) electrons. The summed E-state index contributed by atoms with van der Waals surface area (Å²) in [5.41, 5.74) is 3.86. The lowest BCUT2D eigenvalue weighted by Crippen LogP contribution is -2.57. The summed E-state index contributed by atoms with van der Waals surface area (Å²) >= 11 is 0. The molecule has 1 spiro atoms. The zero-order valence-electron chi connectivity index (χ0n) is 14.4. The van der Waals surface area contributed by atoms with Crippen LogP contribution in [0.15, 0.2) is 18.2 Å². The smallest absolute Gasteiger partial charge is 0.119 e. The zero-order chi connectivity index (χ0) is 15.7. The summed E-state index contributed by atoms with van der Waals surface area (Å²) in [6.45, 7) is 3.56. The van der Waals surface area contributed by atoms with Gasteiger partial charge in [-0.3, -0.25) is 0 Å². The Bertz CT molecular complexity index is 633. The highest BCUT2D eigenvalue weighted by Crippen LogP contribution is 2.67. The van der Waals surface area contributed by atoms with Gasteiger partial charge in [-0.05, 0) is 85.0 Å². The number of fused-ring (bicyclic) bond motifs is 6. The summed E-state index contributed by atoms with van der Waals surface area (Å²) in [5.74, 6) is 3.54. The molecule has 1 aromatic carbocycles. The van der Waals surface area contributed by atoms with E-state index in [-0.39, 0.29) is 5.60 Å². The average molecular weight is 312 g/mol. The van der Waals surface area contributed by atoms with Gasteiger partial charge in [0, 0.05) is 6.42 Å². The van der Waals surface area contributed by atoms with Crippen molar-refractivity contribution in [3.05, 3.63) is 29.3 Å². The van der Waals surface area contributed by atoms with E-state index in [4.69, 9.17) is 9.47 Å². The lowest BCUT2D eigenvalue weighted by molar-refractivity contribution is -0.220. The molecule has 0 amide bonds. The van der Waals surface area contributed by atoms with Crippen LogP contribution >= 0.6 is 0 Å². The van der Waals surface area contributed by atoms with Crippen molar-refractivity contribution < 1.29 is 9.47 Å². The highest BCUT2D eigenvalue weighted by atomic mass is 16.5. The molecule has 3 fully saturated rings. The normalized spacial score (nSPS) is 44.2. The molecular weight excluding hydrogens is 284 g/mol. The number of hydrogen-bond donors (Lipinski definition) is 0. The maximum Gasteiger partial charge on any atom is 0.119 e. The Labute approximate surface area is 139 Å². The molecule has 4 aliphatic rings. The first kappa shape index (κ1) is 14.3. The first-order chi connectivity index (χ1) is 11.2. The van der Waals surface area contributed by atoms with E-state index in [1.807, 2.05) is 0 Å². The molecule has 0 N–H and O–H groups in total. The number of rotatable bonds is 1. The van der Waals surface area contributed by atoms with Gasteiger partial charge in [0.2, 0.25) is 0 Å². The topological polar surface area (TPSA) is 18.5 Å². The van der Waals surface area contributed by atoms with Crippen LogP contribution in [0.25, 0.3) is 0 Å². The Morgan fingerprint density at radius 1 is 1.13 bits per heavy atom. The number of ether oxygens (including phenoxy) is 2. The molecule has 3 aliphatic carbocycles. The van der Waals surface area contributed by atoms with Crippen molar-refractivity contribution in [1.82, 2.24) is 0 Å². The third-order valence-corrected chi connectivity index (χ3v) is 8.11. The molecule has 1 aromatic rings. The van der Waals surface area contributed by atoms with Crippen molar-refractivity contribution >= 4 is 0 Å². The van der Waals surface area contributed by atoms with E-state index in [0.29, 0.717) is 5.41 Å². The lowest BCUT2D eigenvalue weighted by atomic mass is 9.52. The van der Waals surface area contributed by atoms with Crippen LogP contribution in [0.4, 0.5) is 0 Å². The Balaban J connectivity index is 1.49.